The summed E-state index contributed by atoms with van der Waals surface area (Å²) in [4.78, 5) is 39.8. The minimum absolute atomic E-state index is 0.144. The van der Waals surface area contributed by atoms with Gasteiger partial charge in [0.1, 0.15) is 11.7 Å². The Labute approximate surface area is 189 Å². The van der Waals surface area contributed by atoms with Crippen LogP contribution in [0.25, 0.3) is 0 Å². The van der Waals surface area contributed by atoms with Crippen molar-refractivity contribution in [3.63, 3.8) is 0 Å². The largest absolute Gasteiger partial charge is 0.354 e. The van der Waals surface area contributed by atoms with E-state index in [9.17, 15) is 14.4 Å². The molecule has 1 atom stereocenters. The summed E-state index contributed by atoms with van der Waals surface area (Å²) < 4.78 is 1.60. The second-order valence-corrected chi connectivity index (χ2v) is 8.87. The predicted octanol–water partition coefficient (Wildman–Crippen LogP) is 2.52. The van der Waals surface area contributed by atoms with E-state index in [4.69, 9.17) is 0 Å². The van der Waals surface area contributed by atoms with Gasteiger partial charge in [0.15, 0.2) is 5.69 Å². The second-order valence-electron chi connectivity index (χ2n) is 8.87. The highest BCUT2D eigenvalue weighted by Gasteiger charge is 2.27. The summed E-state index contributed by atoms with van der Waals surface area (Å²) in [7, 11) is 0. The van der Waals surface area contributed by atoms with Crippen LogP contribution in [-0.4, -0.2) is 51.5 Å². The van der Waals surface area contributed by atoms with Crippen molar-refractivity contribution in [2.45, 2.75) is 59.7 Å². The number of aryl methyl sites for hydroxylation is 2. The average molecular weight is 440 g/mol. The first-order valence-electron chi connectivity index (χ1n) is 11.3. The molecule has 2 aromatic rings. The molecule has 8 nitrogen and oxygen atoms in total. The molecule has 0 bridgehead atoms. The lowest BCUT2D eigenvalue weighted by Crippen LogP contribution is -2.45. The van der Waals surface area contributed by atoms with Gasteiger partial charge in [0.2, 0.25) is 5.91 Å². The van der Waals surface area contributed by atoms with Gasteiger partial charge in [-0.25, -0.2) is 0 Å². The molecule has 8 heteroatoms. The number of fused-ring (bicyclic) bond motifs is 1. The fourth-order valence-corrected chi connectivity index (χ4v) is 3.58. The number of hydrogen-bond donors (Lipinski definition) is 2. The van der Waals surface area contributed by atoms with E-state index in [0.29, 0.717) is 37.8 Å². The monoisotopic (exact) mass is 439 g/mol. The Hall–Kier alpha value is -3.16. The molecule has 0 radical (unpaired) electrons. The van der Waals surface area contributed by atoms with Crippen LogP contribution in [0.4, 0.5) is 0 Å². The maximum absolute atomic E-state index is 13.1. The molecule has 0 saturated heterocycles. The maximum atomic E-state index is 13.1. The summed E-state index contributed by atoms with van der Waals surface area (Å²) in [6.07, 6.45) is 1.63. The Morgan fingerprint density at radius 2 is 1.84 bits per heavy atom. The van der Waals surface area contributed by atoms with Crippen LogP contribution < -0.4 is 10.6 Å². The summed E-state index contributed by atoms with van der Waals surface area (Å²) >= 11 is 0. The van der Waals surface area contributed by atoms with Crippen LogP contribution in [0.15, 0.2) is 30.3 Å². The SMILES string of the molecule is Cc1ccc(CN2CCCn3nc(C(=O)N[C@H](C)C(=O)NCCC(C)C)cc3C2=O)cc1. The Balaban J connectivity index is 1.64. The van der Waals surface area contributed by atoms with Gasteiger partial charge in [-0.15, -0.1) is 0 Å². The number of carbonyl (C=O) groups excluding carboxylic acids is 3. The third kappa shape index (κ3) is 5.96. The molecule has 0 aliphatic carbocycles. The van der Waals surface area contributed by atoms with Crippen LogP contribution in [0, 0.1) is 12.8 Å². The van der Waals surface area contributed by atoms with Crippen LogP contribution in [0.1, 0.15) is 65.7 Å². The van der Waals surface area contributed by atoms with Crippen LogP contribution in [0.5, 0.6) is 0 Å². The molecule has 3 rings (SSSR count). The quantitative estimate of drug-likeness (QED) is 0.661. The highest BCUT2D eigenvalue weighted by atomic mass is 16.2. The molecule has 0 spiro atoms. The summed E-state index contributed by atoms with van der Waals surface area (Å²) in [5.74, 6) is -0.353. The molecule has 2 N–H and O–H groups in total. The normalized spacial score (nSPS) is 14.7. The first-order valence-corrected chi connectivity index (χ1v) is 11.3. The maximum Gasteiger partial charge on any atom is 0.272 e. The molecule has 3 amide bonds. The van der Waals surface area contributed by atoms with Gasteiger partial charge in [-0.2, -0.15) is 5.10 Å². The Kier molecular flexibility index (Phi) is 7.66. The number of nitrogens with zero attached hydrogens (tertiary/aromatic N) is 3. The number of rotatable bonds is 8. The van der Waals surface area contributed by atoms with E-state index in [1.807, 2.05) is 31.2 Å². The second kappa shape index (κ2) is 10.4. The Morgan fingerprint density at radius 1 is 1.12 bits per heavy atom. The van der Waals surface area contributed by atoms with Crippen molar-refractivity contribution in [3.05, 3.63) is 52.8 Å². The van der Waals surface area contributed by atoms with E-state index in [-0.39, 0.29) is 17.5 Å². The molecule has 2 heterocycles. The zero-order valence-corrected chi connectivity index (χ0v) is 19.4. The standard InChI is InChI=1S/C24H33N5O3/c1-16(2)10-11-25-22(30)18(4)26-23(31)20-14-21-24(32)28(12-5-13-29(21)27-20)15-19-8-6-17(3)7-9-19/h6-9,14,16,18H,5,10-13,15H2,1-4H3,(H,25,30)(H,26,31)/t18-/m1/s1. The number of hydrogen-bond acceptors (Lipinski definition) is 4. The predicted molar refractivity (Wildman–Crippen MR) is 122 cm³/mol. The van der Waals surface area contributed by atoms with Crippen molar-refractivity contribution in [1.82, 2.24) is 25.3 Å². The van der Waals surface area contributed by atoms with Crippen molar-refractivity contribution in [2.24, 2.45) is 5.92 Å². The molecule has 0 fully saturated rings. The fraction of sp³-hybridized carbons (Fsp3) is 0.500. The van der Waals surface area contributed by atoms with Crippen LogP contribution in [-0.2, 0) is 17.9 Å². The van der Waals surface area contributed by atoms with E-state index < -0.39 is 11.9 Å². The van der Waals surface area contributed by atoms with Crippen molar-refractivity contribution < 1.29 is 14.4 Å². The zero-order chi connectivity index (χ0) is 23.3. The third-order valence-corrected chi connectivity index (χ3v) is 5.57. The summed E-state index contributed by atoms with van der Waals surface area (Å²) in [6, 6.07) is 8.95. The first-order chi connectivity index (χ1) is 15.2. The molecule has 0 saturated carbocycles. The van der Waals surface area contributed by atoms with Gasteiger partial charge in [-0.05, 0) is 38.2 Å². The lowest BCUT2D eigenvalue weighted by molar-refractivity contribution is -0.122. The lowest BCUT2D eigenvalue weighted by Gasteiger charge is -2.20. The molecule has 1 aromatic carbocycles. The van der Waals surface area contributed by atoms with E-state index in [2.05, 4.69) is 29.6 Å². The van der Waals surface area contributed by atoms with E-state index in [1.54, 1.807) is 16.5 Å². The Morgan fingerprint density at radius 3 is 2.53 bits per heavy atom. The van der Waals surface area contributed by atoms with Crippen molar-refractivity contribution in [3.8, 4) is 0 Å². The molecule has 1 aliphatic heterocycles. The van der Waals surface area contributed by atoms with Crippen molar-refractivity contribution in [1.29, 1.82) is 0 Å². The third-order valence-electron chi connectivity index (χ3n) is 5.57. The fourth-order valence-electron chi connectivity index (χ4n) is 3.58. The summed E-state index contributed by atoms with van der Waals surface area (Å²) in [6.45, 7) is 10.1. The molecule has 1 aromatic heterocycles. The number of nitrogens with one attached hydrogen (secondary N) is 2. The van der Waals surface area contributed by atoms with E-state index >= 15 is 0 Å². The smallest absolute Gasteiger partial charge is 0.272 e. The topological polar surface area (TPSA) is 96.3 Å². The van der Waals surface area contributed by atoms with Gasteiger partial charge < -0.3 is 15.5 Å². The van der Waals surface area contributed by atoms with Gasteiger partial charge in [-0.3, -0.25) is 19.1 Å². The molecular weight excluding hydrogens is 406 g/mol. The molecule has 32 heavy (non-hydrogen) atoms. The highest BCUT2D eigenvalue weighted by Crippen LogP contribution is 2.17. The van der Waals surface area contributed by atoms with Crippen LogP contribution in [0.2, 0.25) is 0 Å². The van der Waals surface area contributed by atoms with E-state index in [1.165, 1.54) is 11.6 Å². The summed E-state index contributed by atoms with van der Waals surface area (Å²) in [5, 5.41) is 9.84. The van der Waals surface area contributed by atoms with Crippen molar-refractivity contribution >= 4 is 17.7 Å². The van der Waals surface area contributed by atoms with Gasteiger partial charge >= 0.3 is 0 Å². The Bertz CT molecular complexity index is 965. The molecular formula is C24H33N5O3. The van der Waals surface area contributed by atoms with Gasteiger partial charge in [0.05, 0.1) is 0 Å². The summed E-state index contributed by atoms with van der Waals surface area (Å²) in [5.41, 5.74) is 2.78. The van der Waals surface area contributed by atoms with E-state index in [0.717, 1.165) is 18.4 Å². The zero-order valence-electron chi connectivity index (χ0n) is 19.4. The van der Waals surface area contributed by atoms with Gasteiger partial charge in [0.25, 0.3) is 11.8 Å². The number of carbonyl (C=O) groups is 3. The van der Waals surface area contributed by atoms with Crippen LogP contribution >= 0.6 is 0 Å². The number of amides is 3. The molecule has 1 aliphatic rings. The molecule has 172 valence electrons. The van der Waals surface area contributed by atoms with Crippen LogP contribution in [0.3, 0.4) is 0 Å². The molecule has 0 unspecified atom stereocenters. The number of benzene rings is 1. The minimum atomic E-state index is -0.690. The van der Waals surface area contributed by atoms with Crippen molar-refractivity contribution in [2.75, 3.05) is 13.1 Å². The average Bonchev–Trinajstić information content (AvgIpc) is 3.12. The lowest BCUT2D eigenvalue weighted by atomic mass is 10.1. The minimum Gasteiger partial charge on any atom is -0.354 e. The first kappa shape index (κ1) is 23.5. The number of aromatic nitrogens is 2. The van der Waals surface area contributed by atoms with Gasteiger partial charge in [-0.1, -0.05) is 43.7 Å². The van der Waals surface area contributed by atoms with Gasteiger partial charge in [0, 0.05) is 32.2 Å². The highest BCUT2D eigenvalue weighted by molar-refractivity contribution is 5.99.